The number of aromatic nitrogens is 2. The van der Waals surface area contributed by atoms with Crippen LogP contribution in [0.25, 0.3) is 10.8 Å². The van der Waals surface area contributed by atoms with E-state index in [0.29, 0.717) is 11.2 Å². The molecular formula is C24H19F3N3O5P. The summed E-state index contributed by atoms with van der Waals surface area (Å²) in [6.45, 7) is 0. The molecule has 8 nitrogen and oxygen atoms in total. The number of fused-ring (bicyclic) bond motifs is 1. The molecule has 3 N–H and O–H groups in total. The summed E-state index contributed by atoms with van der Waals surface area (Å²) in [6, 6.07) is 14.7. The van der Waals surface area contributed by atoms with Crippen molar-refractivity contribution in [2.45, 2.75) is 24.7 Å². The monoisotopic (exact) mass is 517 g/mol. The van der Waals surface area contributed by atoms with E-state index >= 15 is 0 Å². The third kappa shape index (κ3) is 5.13. The van der Waals surface area contributed by atoms with Crippen molar-refractivity contribution in [3.8, 4) is 17.4 Å². The first-order chi connectivity index (χ1) is 17.0. The minimum Gasteiger partial charge on any atom is -0.438 e. The molecular weight excluding hydrogens is 498 g/mol. The molecule has 0 amide bonds. The Kier molecular flexibility index (Phi) is 5.86. The van der Waals surface area contributed by atoms with Crippen LogP contribution in [-0.2, 0) is 10.1 Å². The van der Waals surface area contributed by atoms with Gasteiger partial charge in [0.05, 0.1) is 16.2 Å². The van der Waals surface area contributed by atoms with Crippen molar-refractivity contribution in [3.63, 3.8) is 0 Å². The van der Waals surface area contributed by atoms with Crippen molar-refractivity contribution in [2.24, 2.45) is 0 Å². The summed E-state index contributed by atoms with van der Waals surface area (Å²) in [4.78, 5) is 27.5. The van der Waals surface area contributed by atoms with E-state index in [2.05, 4.69) is 20.0 Å². The molecule has 12 heteroatoms. The van der Waals surface area contributed by atoms with Gasteiger partial charge in [-0.1, -0.05) is 12.1 Å². The Balaban J connectivity index is 1.44. The number of nitrogens with one attached hydrogen (secondary N) is 1. The molecule has 2 aromatic carbocycles. The summed E-state index contributed by atoms with van der Waals surface area (Å²) in [6.07, 6.45) is -0.0589. The largest absolute Gasteiger partial charge is 0.573 e. The topological polar surface area (TPSA) is 114 Å². The molecule has 2 aromatic heterocycles. The first kappa shape index (κ1) is 24.1. The van der Waals surface area contributed by atoms with Gasteiger partial charge in [-0.15, -0.1) is 13.2 Å². The number of benzene rings is 2. The van der Waals surface area contributed by atoms with Gasteiger partial charge in [0.15, 0.2) is 0 Å². The van der Waals surface area contributed by atoms with Crippen LogP contribution in [0.4, 0.5) is 19.0 Å². The van der Waals surface area contributed by atoms with Gasteiger partial charge in [0.2, 0.25) is 5.88 Å². The van der Waals surface area contributed by atoms with Gasteiger partial charge in [-0.3, -0.25) is 4.57 Å². The predicted octanol–water partition coefficient (Wildman–Crippen LogP) is 5.22. The van der Waals surface area contributed by atoms with Crippen LogP contribution in [0.5, 0.6) is 17.4 Å². The number of hydrogen-bond acceptors (Lipinski definition) is 6. The minimum atomic E-state index is -4.79. The van der Waals surface area contributed by atoms with E-state index in [1.807, 2.05) is 0 Å². The number of rotatable bonds is 7. The molecule has 0 radical (unpaired) electrons. The number of anilines is 1. The number of ether oxygens (including phenoxy) is 2. The molecule has 2 heterocycles. The van der Waals surface area contributed by atoms with Crippen molar-refractivity contribution in [1.82, 2.24) is 9.97 Å². The highest BCUT2D eigenvalue weighted by molar-refractivity contribution is 7.60. The van der Waals surface area contributed by atoms with E-state index < -0.39 is 19.5 Å². The average Bonchev–Trinajstić information content (AvgIpc) is 3.60. The molecule has 36 heavy (non-hydrogen) atoms. The number of halogens is 3. The predicted molar refractivity (Wildman–Crippen MR) is 125 cm³/mol. The lowest BCUT2D eigenvalue weighted by molar-refractivity contribution is -0.274. The van der Waals surface area contributed by atoms with Crippen molar-refractivity contribution < 1.29 is 37.0 Å². The van der Waals surface area contributed by atoms with Gasteiger partial charge in [0.25, 0.3) is 0 Å². The number of hydrogen-bond donors (Lipinski definition) is 3. The summed E-state index contributed by atoms with van der Waals surface area (Å²) in [5.41, 5.74) is 0.378. The van der Waals surface area contributed by atoms with Gasteiger partial charge >= 0.3 is 14.0 Å². The zero-order valence-corrected chi connectivity index (χ0v) is 19.3. The molecule has 0 aliphatic heterocycles. The number of nitrogens with zero attached hydrogens (tertiary/aromatic N) is 2. The molecule has 0 saturated heterocycles. The second kappa shape index (κ2) is 8.77. The molecule has 0 bridgehead atoms. The van der Waals surface area contributed by atoms with Crippen LogP contribution in [0.3, 0.4) is 0 Å². The maximum absolute atomic E-state index is 12.4. The number of alkyl halides is 3. The molecule has 0 atom stereocenters. The molecule has 1 fully saturated rings. The SMILES string of the molecule is O=P(O)(O)c1ccc(C2(Nc3nccc4ccnc(Oc5ccc(OC(F)(F)F)cc5)c34)CC2)cc1. The normalized spacial score (nSPS) is 14.9. The molecule has 0 unspecified atom stereocenters. The minimum absolute atomic E-state index is 0.0584. The summed E-state index contributed by atoms with van der Waals surface area (Å²) in [5, 5.41) is 4.74. The van der Waals surface area contributed by atoms with Crippen LogP contribution in [0.2, 0.25) is 0 Å². The standard InChI is InChI=1S/C24H19F3N3O5P/c25-24(26,27)35-18-5-3-17(4-6-18)34-22-20-15(10-14-29-22)9-13-28-21(20)30-23(11-12-23)16-1-7-19(8-2-16)36(31,32)33/h1-10,13-14H,11-12H2,(H,28,30)(H2,31,32,33). The summed E-state index contributed by atoms with van der Waals surface area (Å²) >= 11 is 0. The molecule has 1 aliphatic carbocycles. The van der Waals surface area contributed by atoms with Gasteiger partial charge in [-0.2, -0.15) is 0 Å². The fraction of sp³-hybridized carbons (Fsp3) is 0.167. The van der Waals surface area contributed by atoms with Crippen molar-refractivity contribution in [3.05, 3.63) is 78.6 Å². The van der Waals surface area contributed by atoms with Gasteiger partial charge < -0.3 is 24.6 Å². The van der Waals surface area contributed by atoms with Gasteiger partial charge in [0.1, 0.15) is 17.3 Å². The summed E-state index contributed by atoms with van der Waals surface area (Å²) in [5.74, 6) is 0.586. The Morgan fingerprint density at radius 2 is 1.50 bits per heavy atom. The zero-order chi connectivity index (χ0) is 25.6. The van der Waals surface area contributed by atoms with Crippen molar-refractivity contribution in [2.75, 3.05) is 5.32 Å². The van der Waals surface area contributed by atoms with E-state index in [9.17, 15) is 27.5 Å². The summed E-state index contributed by atoms with van der Waals surface area (Å²) in [7, 11) is -4.34. The van der Waals surface area contributed by atoms with Gasteiger partial charge in [0, 0.05) is 12.4 Å². The number of pyridine rings is 2. The van der Waals surface area contributed by atoms with Crippen LogP contribution in [0.15, 0.2) is 73.1 Å². The molecule has 186 valence electrons. The second-order valence-electron chi connectivity index (χ2n) is 8.29. The highest BCUT2D eigenvalue weighted by atomic mass is 31.2. The first-order valence-electron chi connectivity index (χ1n) is 10.7. The Morgan fingerprint density at radius 3 is 2.08 bits per heavy atom. The van der Waals surface area contributed by atoms with Crippen LogP contribution in [0.1, 0.15) is 18.4 Å². The second-order valence-corrected chi connectivity index (χ2v) is 9.90. The third-order valence-electron chi connectivity index (χ3n) is 5.78. The summed E-state index contributed by atoms with van der Waals surface area (Å²) < 4.78 is 58.6. The van der Waals surface area contributed by atoms with E-state index in [4.69, 9.17) is 4.74 Å². The third-order valence-corrected chi connectivity index (χ3v) is 6.75. The molecule has 5 rings (SSSR count). The van der Waals surface area contributed by atoms with Crippen molar-refractivity contribution in [1.29, 1.82) is 0 Å². The fourth-order valence-electron chi connectivity index (χ4n) is 3.90. The van der Waals surface area contributed by atoms with E-state index in [1.54, 1.807) is 36.7 Å². The van der Waals surface area contributed by atoms with Gasteiger partial charge in [-0.25, -0.2) is 9.97 Å². The van der Waals surface area contributed by atoms with Crippen LogP contribution in [-0.4, -0.2) is 26.1 Å². The zero-order valence-electron chi connectivity index (χ0n) is 18.4. The Labute approximate surface area is 202 Å². The molecule has 1 saturated carbocycles. The van der Waals surface area contributed by atoms with E-state index in [1.165, 1.54) is 24.3 Å². The van der Waals surface area contributed by atoms with Crippen molar-refractivity contribution >= 4 is 29.5 Å². The highest BCUT2D eigenvalue weighted by Crippen LogP contribution is 2.49. The lowest BCUT2D eigenvalue weighted by atomic mass is 10.0. The molecule has 0 spiro atoms. The van der Waals surface area contributed by atoms with Crippen LogP contribution in [0, 0.1) is 0 Å². The molecule has 4 aromatic rings. The smallest absolute Gasteiger partial charge is 0.438 e. The maximum atomic E-state index is 12.4. The first-order valence-corrected chi connectivity index (χ1v) is 12.4. The lowest BCUT2D eigenvalue weighted by Gasteiger charge is -2.21. The van der Waals surface area contributed by atoms with Crippen LogP contribution < -0.4 is 20.1 Å². The van der Waals surface area contributed by atoms with Gasteiger partial charge in [-0.05, 0) is 72.3 Å². The lowest BCUT2D eigenvalue weighted by Crippen LogP contribution is -2.20. The quantitative estimate of drug-likeness (QED) is 0.286. The Hall–Kier alpha value is -3.66. The van der Waals surface area contributed by atoms with E-state index in [-0.39, 0.29) is 22.7 Å². The fourth-order valence-corrected chi connectivity index (χ4v) is 4.43. The maximum Gasteiger partial charge on any atom is 0.573 e. The van der Waals surface area contributed by atoms with E-state index in [0.717, 1.165) is 35.9 Å². The Bertz CT molecular complexity index is 1450. The van der Waals surface area contributed by atoms with Crippen LogP contribution >= 0.6 is 7.60 Å². The average molecular weight is 517 g/mol. The molecule has 1 aliphatic rings. The Morgan fingerprint density at radius 1 is 0.889 bits per heavy atom. The highest BCUT2D eigenvalue weighted by Gasteiger charge is 2.45.